The molecule has 3 heterocycles. The second-order valence-corrected chi connectivity index (χ2v) is 5.35. The first-order chi connectivity index (χ1) is 8.72. The minimum atomic E-state index is 0.557. The highest BCUT2D eigenvalue weighted by Crippen LogP contribution is 2.15. The molecular weight excluding hydrogens is 248 g/mol. The highest BCUT2D eigenvalue weighted by molar-refractivity contribution is 6.30. The largest absolute Gasteiger partial charge is 0.312 e. The molecule has 1 aliphatic rings. The zero-order chi connectivity index (χ0) is 12.5. The summed E-state index contributed by atoms with van der Waals surface area (Å²) in [5.74, 6) is 0. The second kappa shape index (κ2) is 4.88. The molecule has 1 saturated heterocycles. The Morgan fingerprint density at radius 2 is 2.39 bits per heavy atom. The molecule has 4 nitrogen and oxygen atoms in total. The van der Waals surface area contributed by atoms with E-state index in [4.69, 9.17) is 11.6 Å². The quantitative estimate of drug-likeness (QED) is 0.898. The zero-order valence-corrected chi connectivity index (χ0v) is 11.2. The fourth-order valence-corrected chi connectivity index (χ4v) is 2.67. The summed E-state index contributed by atoms with van der Waals surface area (Å²) in [5.41, 5.74) is 2.15. The maximum absolute atomic E-state index is 6.04. The molecule has 0 bridgehead atoms. The van der Waals surface area contributed by atoms with Crippen LogP contribution in [0.4, 0.5) is 0 Å². The molecule has 0 aromatic carbocycles. The van der Waals surface area contributed by atoms with Crippen molar-refractivity contribution in [2.75, 3.05) is 19.6 Å². The van der Waals surface area contributed by atoms with E-state index in [1.807, 2.05) is 24.5 Å². The Hall–Kier alpha value is -1.10. The van der Waals surface area contributed by atoms with Crippen LogP contribution in [0, 0.1) is 0 Å². The summed E-state index contributed by atoms with van der Waals surface area (Å²) in [5, 5.41) is 4.20. The Bertz CT molecular complexity index is 551. The van der Waals surface area contributed by atoms with Crippen LogP contribution in [-0.4, -0.2) is 40.0 Å². The van der Waals surface area contributed by atoms with Gasteiger partial charge in [-0.2, -0.15) is 0 Å². The van der Waals surface area contributed by atoms with E-state index in [1.54, 1.807) is 0 Å². The number of hydrogen-bond acceptors (Lipinski definition) is 3. The van der Waals surface area contributed by atoms with Crippen molar-refractivity contribution in [1.29, 1.82) is 0 Å². The molecule has 2 aromatic heterocycles. The molecular formula is C13H17ClN4. The molecule has 3 rings (SSSR count). The molecule has 0 spiro atoms. The Balaban J connectivity index is 1.83. The SMILES string of the molecule is C[C@H]1CN(Cc2cnc3ccc(Cl)cn23)CCN1. The maximum Gasteiger partial charge on any atom is 0.137 e. The van der Waals surface area contributed by atoms with E-state index in [0.717, 1.165) is 36.8 Å². The molecule has 0 unspecified atom stereocenters. The van der Waals surface area contributed by atoms with Crippen molar-refractivity contribution < 1.29 is 0 Å². The summed E-state index contributed by atoms with van der Waals surface area (Å²) >= 11 is 6.04. The van der Waals surface area contributed by atoms with Gasteiger partial charge in [0.05, 0.1) is 16.9 Å². The van der Waals surface area contributed by atoms with Crippen LogP contribution in [0.1, 0.15) is 12.6 Å². The molecule has 2 aromatic rings. The normalized spacial score (nSPS) is 21.6. The van der Waals surface area contributed by atoms with Gasteiger partial charge < -0.3 is 9.72 Å². The van der Waals surface area contributed by atoms with Crippen LogP contribution in [0.15, 0.2) is 24.5 Å². The third kappa shape index (κ3) is 2.36. The minimum Gasteiger partial charge on any atom is -0.312 e. The van der Waals surface area contributed by atoms with Gasteiger partial charge in [-0.25, -0.2) is 4.98 Å². The Labute approximate surface area is 112 Å². The molecule has 0 saturated carbocycles. The van der Waals surface area contributed by atoms with Crippen LogP contribution >= 0.6 is 11.6 Å². The lowest BCUT2D eigenvalue weighted by molar-refractivity contribution is 0.197. The van der Waals surface area contributed by atoms with Gasteiger partial charge in [-0.3, -0.25) is 4.90 Å². The Morgan fingerprint density at radius 1 is 1.50 bits per heavy atom. The summed E-state index contributed by atoms with van der Waals surface area (Å²) in [6.07, 6.45) is 3.88. The molecule has 18 heavy (non-hydrogen) atoms. The van der Waals surface area contributed by atoms with Crippen molar-refractivity contribution in [3.8, 4) is 0 Å². The van der Waals surface area contributed by atoms with E-state index in [1.165, 1.54) is 5.69 Å². The van der Waals surface area contributed by atoms with E-state index in [0.29, 0.717) is 6.04 Å². The van der Waals surface area contributed by atoms with Gasteiger partial charge >= 0.3 is 0 Å². The average molecular weight is 265 g/mol. The number of aromatic nitrogens is 2. The van der Waals surface area contributed by atoms with Crippen molar-refractivity contribution in [3.05, 3.63) is 35.2 Å². The number of nitrogens with one attached hydrogen (secondary N) is 1. The lowest BCUT2D eigenvalue weighted by atomic mass is 10.2. The van der Waals surface area contributed by atoms with Crippen LogP contribution in [0.3, 0.4) is 0 Å². The highest BCUT2D eigenvalue weighted by Gasteiger charge is 2.16. The van der Waals surface area contributed by atoms with Crippen molar-refractivity contribution in [2.24, 2.45) is 0 Å². The average Bonchev–Trinajstić information content (AvgIpc) is 2.72. The monoisotopic (exact) mass is 264 g/mol. The van der Waals surface area contributed by atoms with E-state index < -0.39 is 0 Å². The van der Waals surface area contributed by atoms with Gasteiger partial charge in [-0.05, 0) is 19.1 Å². The number of piperazine rings is 1. The van der Waals surface area contributed by atoms with Gasteiger partial charge in [0.2, 0.25) is 0 Å². The number of fused-ring (bicyclic) bond motifs is 1. The van der Waals surface area contributed by atoms with Crippen molar-refractivity contribution >= 4 is 17.2 Å². The van der Waals surface area contributed by atoms with Gasteiger partial charge in [0, 0.05) is 38.4 Å². The highest BCUT2D eigenvalue weighted by atomic mass is 35.5. The molecule has 1 fully saturated rings. The molecule has 1 atom stereocenters. The van der Waals surface area contributed by atoms with Gasteiger partial charge in [0.15, 0.2) is 0 Å². The van der Waals surface area contributed by atoms with Gasteiger partial charge in [0.25, 0.3) is 0 Å². The number of imidazole rings is 1. The van der Waals surface area contributed by atoms with E-state index in [2.05, 4.69) is 26.5 Å². The summed E-state index contributed by atoms with van der Waals surface area (Å²) in [6.45, 7) is 6.36. The first-order valence-electron chi connectivity index (χ1n) is 6.29. The molecule has 1 N–H and O–H groups in total. The second-order valence-electron chi connectivity index (χ2n) is 4.92. The molecule has 1 aliphatic heterocycles. The number of halogens is 1. The van der Waals surface area contributed by atoms with Crippen molar-refractivity contribution in [3.63, 3.8) is 0 Å². The molecule has 5 heteroatoms. The van der Waals surface area contributed by atoms with E-state index >= 15 is 0 Å². The van der Waals surface area contributed by atoms with Gasteiger partial charge in [-0.15, -0.1) is 0 Å². The topological polar surface area (TPSA) is 32.6 Å². The van der Waals surface area contributed by atoms with Crippen LogP contribution in [0.2, 0.25) is 5.02 Å². The van der Waals surface area contributed by atoms with Crippen LogP contribution < -0.4 is 5.32 Å². The lowest BCUT2D eigenvalue weighted by Crippen LogP contribution is -2.48. The van der Waals surface area contributed by atoms with Crippen LogP contribution in [0.25, 0.3) is 5.65 Å². The summed E-state index contributed by atoms with van der Waals surface area (Å²) in [4.78, 5) is 6.86. The van der Waals surface area contributed by atoms with E-state index in [9.17, 15) is 0 Å². The summed E-state index contributed by atoms with van der Waals surface area (Å²) in [6, 6.07) is 4.38. The number of nitrogens with zero attached hydrogens (tertiary/aromatic N) is 3. The Kier molecular flexibility index (Phi) is 3.24. The fourth-order valence-electron chi connectivity index (χ4n) is 2.51. The van der Waals surface area contributed by atoms with E-state index in [-0.39, 0.29) is 0 Å². The molecule has 0 aliphatic carbocycles. The minimum absolute atomic E-state index is 0.557. The first kappa shape index (κ1) is 12.0. The van der Waals surface area contributed by atoms with Gasteiger partial charge in [0.1, 0.15) is 5.65 Å². The molecule has 0 amide bonds. The summed E-state index contributed by atoms with van der Waals surface area (Å²) < 4.78 is 2.08. The van der Waals surface area contributed by atoms with Gasteiger partial charge in [-0.1, -0.05) is 11.6 Å². The van der Waals surface area contributed by atoms with Crippen LogP contribution in [-0.2, 0) is 6.54 Å². The summed E-state index contributed by atoms with van der Waals surface area (Å²) in [7, 11) is 0. The zero-order valence-electron chi connectivity index (χ0n) is 10.4. The molecule has 0 radical (unpaired) electrons. The third-order valence-electron chi connectivity index (χ3n) is 3.38. The maximum atomic E-state index is 6.04. The fraction of sp³-hybridized carbons (Fsp3) is 0.462. The van der Waals surface area contributed by atoms with Crippen molar-refractivity contribution in [2.45, 2.75) is 19.5 Å². The Morgan fingerprint density at radius 3 is 3.22 bits per heavy atom. The first-order valence-corrected chi connectivity index (χ1v) is 6.67. The number of rotatable bonds is 2. The van der Waals surface area contributed by atoms with Crippen LogP contribution in [0.5, 0.6) is 0 Å². The predicted octanol–water partition coefficient (Wildman–Crippen LogP) is 1.78. The number of hydrogen-bond donors (Lipinski definition) is 1. The smallest absolute Gasteiger partial charge is 0.137 e. The molecule has 96 valence electrons. The third-order valence-corrected chi connectivity index (χ3v) is 3.61. The predicted molar refractivity (Wildman–Crippen MR) is 72.9 cm³/mol. The standard InChI is InChI=1S/C13H17ClN4/c1-10-7-17(5-4-15-10)9-12-6-16-13-3-2-11(14)8-18(12)13/h2-3,6,8,10,15H,4-5,7,9H2,1H3/t10-/m0/s1. The number of pyridine rings is 1. The lowest BCUT2D eigenvalue weighted by Gasteiger charge is -2.31. The van der Waals surface area contributed by atoms with Crippen molar-refractivity contribution in [1.82, 2.24) is 19.6 Å².